The fraction of sp³-hybridized carbons (Fsp3) is 0.650. The van der Waals surface area contributed by atoms with Crippen LogP contribution in [0.5, 0.6) is 0 Å². The number of fused-ring (bicyclic) bond motifs is 1. The van der Waals surface area contributed by atoms with Crippen LogP contribution in [-0.4, -0.2) is 50.1 Å². The SMILES string of the molecule is CCC(C)(C)NC(=O)C(C)N1CCCC(c2nnc3ccc(C(F)(F)F)cn23)C1. The zero-order chi connectivity index (χ0) is 21.4. The topological polar surface area (TPSA) is 62.5 Å². The summed E-state index contributed by atoms with van der Waals surface area (Å²) in [6.07, 6.45) is -0.909. The lowest BCUT2D eigenvalue weighted by molar-refractivity contribution is -0.138. The molecule has 6 nitrogen and oxygen atoms in total. The van der Waals surface area contributed by atoms with Gasteiger partial charge in [-0.3, -0.25) is 14.1 Å². The van der Waals surface area contributed by atoms with Crippen molar-refractivity contribution in [1.82, 2.24) is 24.8 Å². The molecule has 2 atom stereocenters. The Kier molecular flexibility index (Phi) is 5.89. The van der Waals surface area contributed by atoms with Gasteiger partial charge in [-0.15, -0.1) is 10.2 Å². The van der Waals surface area contributed by atoms with Crippen molar-refractivity contribution in [2.45, 2.75) is 70.6 Å². The van der Waals surface area contributed by atoms with Crippen molar-refractivity contribution in [3.05, 3.63) is 29.7 Å². The van der Waals surface area contributed by atoms with Gasteiger partial charge in [0.05, 0.1) is 11.6 Å². The third-order valence-corrected chi connectivity index (χ3v) is 5.85. The molecule has 0 aliphatic carbocycles. The Labute approximate surface area is 168 Å². The highest BCUT2D eigenvalue weighted by atomic mass is 19.4. The minimum Gasteiger partial charge on any atom is -0.350 e. The zero-order valence-electron chi connectivity index (χ0n) is 17.3. The van der Waals surface area contributed by atoms with Crippen molar-refractivity contribution in [3.8, 4) is 0 Å². The largest absolute Gasteiger partial charge is 0.417 e. The molecule has 1 fully saturated rings. The van der Waals surface area contributed by atoms with Gasteiger partial charge in [-0.2, -0.15) is 13.2 Å². The van der Waals surface area contributed by atoms with Gasteiger partial charge < -0.3 is 5.32 Å². The summed E-state index contributed by atoms with van der Waals surface area (Å²) in [6.45, 7) is 9.18. The number of rotatable bonds is 5. The summed E-state index contributed by atoms with van der Waals surface area (Å²) in [5.41, 5.74) is -0.619. The zero-order valence-corrected chi connectivity index (χ0v) is 17.3. The van der Waals surface area contributed by atoms with Gasteiger partial charge in [0.1, 0.15) is 5.82 Å². The average molecular weight is 411 g/mol. The summed E-state index contributed by atoms with van der Waals surface area (Å²) in [5, 5.41) is 11.3. The predicted molar refractivity (Wildman–Crippen MR) is 104 cm³/mol. The van der Waals surface area contributed by atoms with E-state index in [4.69, 9.17) is 0 Å². The van der Waals surface area contributed by atoms with Gasteiger partial charge in [0, 0.05) is 24.2 Å². The van der Waals surface area contributed by atoms with E-state index in [9.17, 15) is 18.0 Å². The summed E-state index contributed by atoms with van der Waals surface area (Å²) in [6, 6.07) is 2.03. The number of amides is 1. The molecule has 3 heterocycles. The van der Waals surface area contributed by atoms with Crippen LogP contribution in [0.25, 0.3) is 5.65 Å². The van der Waals surface area contributed by atoms with Crippen molar-refractivity contribution < 1.29 is 18.0 Å². The molecule has 2 aromatic rings. The lowest BCUT2D eigenvalue weighted by atomic mass is 9.95. The minimum absolute atomic E-state index is 0.0389. The number of alkyl halides is 3. The molecular weight excluding hydrogens is 383 g/mol. The van der Waals surface area contributed by atoms with Crippen molar-refractivity contribution >= 4 is 11.6 Å². The smallest absolute Gasteiger partial charge is 0.350 e. The number of carbonyl (C=O) groups excluding carboxylic acids is 1. The molecule has 1 aliphatic rings. The minimum atomic E-state index is -4.42. The molecule has 1 amide bonds. The number of pyridine rings is 1. The Bertz CT molecular complexity index is 877. The number of aromatic nitrogens is 3. The van der Waals surface area contributed by atoms with Gasteiger partial charge in [-0.1, -0.05) is 6.92 Å². The van der Waals surface area contributed by atoms with E-state index < -0.39 is 11.7 Å². The average Bonchev–Trinajstić information content (AvgIpc) is 3.09. The fourth-order valence-corrected chi connectivity index (χ4v) is 3.62. The highest BCUT2D eigenvalue weighted by Gasteiger charge is 2.34. The van der Waals surface area contributed by atoms with E-state index in [1.54, 1.807) is 0 Å². The monoisotopic (exact) mass is 411 g/mol. The van der Waals surface area contributed by atoms with Crippen LogP contribution < -0.4 is 5.32 Å². The fourth-order valence-electron chi connectivity index (χ4n) is 3.62. The molecule has 1 saturated heterocycles. The highest BCUT2D eigenvalue weighted by Crippen LogP contribution is 2.31. The van der Waals surface area contributed by atoms with Crippen LogP contribution in [0.15, 0.2) is 18.3 Å². The predicted octanol–water partition coefficient (Wildman–Crippen LogP) is 3.62. The van der Waals surface area contributed by atoms with Crippen molar-refractivity contribution in [3.63, 3.8) is 0 Å². The van der Waals surface area contributed by atoms with E-state index >= 15 is 0 Å². The lowest BCUT2D eigenvalue weighted by Gasteiger charge is -2.37. The highest BCUT2D eigenvalue weighted by molar-refractivity contribution is 5.82. The number of carbonyl (C=O) groups is 1. The summed E-state index contributed by atoms with van der Waals surface area (Å²) in [7, 11) is 0. The molecule has 1 aliphatic heterocycles. The van der Waals surface area contributed by atoms with Gasteiger partial charge in [0.15, 0.2) is 5.65 Å². The number of nitrogens with one attached hydrogen (secondary N) is 1. The number of hydrogen-bond acceptors (Lipinski definition) is 4. The van der Waals surface area contributed by atoms with E-state index in [0.29, 0.717) is 18.0 Å². The molecule has 29 heavy (non-hydrogen) atoms. The van der Waals surface area contributed by atoms with Gasteiger partial charge in [-0.05, 0) is 58.7 Å². The number of piperidine rings is 1. The number of likely N-dealkylation sites (tertiary alicyclic amines) is 1. The standard InChI is InChI=1S/C20H28F3N5O/c1-5-19(3,4)24-18(29)13(2)27-10-6-7-14(11-27)17-26-25-16-9-8-15(12-28(16)17)20(21,22)23/h8-9,12-14H,5-7,10-11H2,1-4H3,(H,24,29). The Morgan fingerprint density at radius 2 is 2.03 bits per heavy atom. The van der Waals surface area contributed by atoms with Gasteiger partial charge >= 0.3 is 6.18 Å². The molecule has 0 radical (unpaired) electrons. The first kappa shape index (κ1) is 21.5. The second-order valence-corrected chi connectivity index (χ2v) is 8.44. The van der Waals surface area contributed by atoms with Crippen LogP contribution in [0, 0.1) is 0 Å². The Hall–Kier alpha value is -2.16. The number of hydrogen-bond donors (Lipinski definition) is 1. The summed E-state index contributed by atoms with van der Waals surface area (Å²) in [4.78, 5) is 14.7. The first-order valence-corrected chi connectivity index (χ1v) is 10.00. The van der Waals surface area contributed by atoms with Crippen molar-refractivity contribution in [2.75, 3.05) is 13.1 Å². The lowest BCUT2D eigenvalue weighted by Crippen LogP contribution is -2.53. The maximum Gasteiger partial charge on any atom is 0.417 e. The van der Waals surface area contributed by atoms with E-state index in [2.05, 4.69) is 20.4 Å². The molecule has 3 rings (SSSR count). The maximum atomic E-state index is 13.1. The van der Waals surface area contributed by atoms with E-state index in [1.807, 2.05) is 27.7 Å². The Morgan fingerprint density at radius 1 is 1.31 bits per heavy atom. The van der Waals surface area contributed by atoms with Crippen LogP contribution in [0.1, 0.15) is 64.3 Å². The first-order chi connectivity index (χ1) is 13.5. The molecule has 1 N–H and O–H groups in total. The molecule has 2 aromatic heterocycles. The molecule has 2 unspecified atom stereocenters. The normalized spacial score (nSPS) is 20.0. The number of nitrogens with zero attached hydrogens (tertiary/aromatic N) is 4. The van der Waals surface area contributed by atoms with E-state index in [-0.39, 0.29) is 23.4 Å². The van der Waals surface area contributed by atoms with E-state index in [0.717, 1.165) is 38.1 Å². The van der Waals surface area contributed by atoms with Crippen LogP contribution >= 0.6 is 0 Å². The second-order valence-electron chi connectivity index (χ2n) is 8.44. The summed E-state index contributed by atoms with van der Waals surface area (Å²) >= 11 is 0. The molecule has 0 aromatic carbocycles. The summed E-state index contributed by atoms with van der Waals surface area (Å²) < 4.78 is 40.8. The van der Waals surface area contributed by atoms with Crippen LogP contribution in [-0.2, 0) is 11.0 Å². The molecule has 160 valence electrons. The third kappa shape index (κ3) is 4.71. The van der Waals surface area contributed by atoms with E-state index in [1.165, 1.54) is 10.5 Å². The second kappa shape index (κ2) is 7.93. The Balaban J connectivity index is 1.79. The molecular formula is C20H28F3N5O. The molecule has 0 bridgehead atoms. The van der Waals surface area contributed by atoms with Crippen LogP contribution in [0.2, 0.25) is 0 Å². The third-order valence-electron chi connectivity index (χ3n) is 5.85. The van der Waals surface area contributed by atoms with Crippen molar-refractivity contribution in [2.24, 2.45) is 0 Å². The van der Waals surface area contributed by atoms with Gasteiger partial charge in [0.2, 0.25) is 5.91 Å². The van der Waals surface area contributed by atoms with Crippen molar-refractivity contribution in [1.29, 1.82) is 0 Å². The quantitative estimate of drug-likeness (QED) is 0.816. The molecule has 0 saturated carbocycles. The summed E-state index contributed by atoms with van der Waals surface area (Å²) in [5.74, 6) is 0.386. The van der Waals surface area contributed by atoms with Crippen LogP contribution in [0.4, 0.5) is 13.2 Å². The first-order valence-electron chi connectivity index (χ1n) is 10.00. The molecule has 0 spiro atoms. The molecule has 9 heteroatoms. The van der Waals surface area contributed by atoms with Gasteiger partial charge in [-0.25, -0.2) is 0 Å². The van der Waals surface area contributed by atoms with Gasteiger partial charge in [0.25, 0.3) is 0 Å². The van der Waals surface area contributed by atoms with Crippen LogP contribution in [0.3, 0.4) is 0 Å². The number of halogens is 3. The maximum absolute atomic E-state index is 13.1. The Morgan fingerprint density at radius 3 is 2.69 bits per heavy atom.